The van der Waals surface area contributed by atoms with Crippen molar-refractivity contribution < 1.29 is 19.2 Å². The fourth-order valence-corrected chi connectivity index (χ4v) is 4.24. The number of hydrogen-bond acceptors (Lipinski definition) is 4. The minimum atomic E-state index is -0.550. The van der Waals surface area contributed by atoms with Crippen molar-refractivity contribution >= 4 is 16.3 Å². The van der Waals surface area contributed by atoms with Gasteiger partial charge in [-0.2, -0.15) is 0 Å². The van der Waals surface area contributed by atoms with Gasteiger partial charge in [-0.3, -0.25) is 0 Å². The molecule has 0 amide bonds. The van der Waals surface area contributed by atoms with Crippen LogP contribution in [0, 0.1) is 0 Å². The van der Waals surface area contributed by atoms with Crippen LogP contribution in [0.25, 0.3) is 16.3 Å². The van der Waals surface area contributed by atoms with Crippen molar-refractivity contribution in [2.24, 2.45) is 0 Å². The van der Waals surface area contributed by atoms with E-state index in [-0.39, 0.29) is 6.10 Å². The summed E-state index contributed by atoms with van der Waals surface area (Å²) >= 11 is 0. The van der Waals surface area contributed by atoms with Gasteiger partial charge in [-0.1, -0.05) is 61.5 Å². The fraction of sp³-hybridized carbons (Fsp3) is 0.308. The Labute approximate surface area is 177 Å². The minimum absolute atomic E-state index is 0.303. The SMILES string of the molecule is C=C(c1ccc(Oc2cccc3ccccc23)cc1)C1COC2(CCCCC2)OO1. The van der Waals surface area contributed by atoms with Crippen LogP contribution in [-0.2, 0) is 14.5 Å². The third-order valence-corrected chi connectivity index (χ3v) is 6.02. The average molecular weight is 402 g/mol. The van der Waals surface area contributed by atoms with Crippen LogP contribution < -0.4 is 4.74 Å². The Hall–Kier alpha value is -2.66. The van der Waals surface area contributed by atoms with Crippen LogP contribution in [0.4, 0.5) is 0 Å². The number of fused-ring (bicyclic) bond motifs is 1. The summed E-state index contributed by atoms with van der Waals surface area (Å²) in [7, 11) is 0. The topological polar surface area (TPSA) is 36.9 Å². The van der Waals surface area contributed by atoms with E-state index in [4.69, 9.17) is 19.2 Å². The van der Waals surface area contributed by atoms with Crippen molar-refractivity contribution in [3.63, 3.8) is 0 Å². The highest BCUT2D eigenvalue weighted by Gasteiger charge is 2.41. The van der Waals surface area contributed by atoms with E-state index in [1.807, 2.05) is 48.5 Å². The first-order valence-corrected chi connectivity index (χ1v) is 10.7. The van der Waals surface area contributed by atoms with Gasteiger partial charge in [0.25, 0.3) is 0 Å². The highest BCUT2D eigenvalue weighted by atomic mass is 17.2. The Morgan fingerprint density at radius 2 is 1.67 bits per heavy atom. The smallest absolute Gasteiger partial charge is 0.201 e. The highest BCUT2D eigenvalue weighted by Crippen LogP contribution is 2.38. The van der Waals surface area contributed by atoms with Crippen molar-refractivity contribution in [2.45, 2.75) is 44.0 Å². The van der Waals surface area contributed by atoms with Gasteiger partial charge >= 0.3 is 0 Å². The molecule has 0 aromatic heterocycles. The van der Waals surface area contributed by atoms with E-state index in [0.29, 0.717) is 6.61 Å². The van der Waals surface area contributed by atoms with Gasteiger partial charge in [0.15, 0.2) is 0 Å². The van der Waals surface area contributed by atoms with E-state index in [1.54, 1.807) is 0 Å². The maximum absolute atomic E-state index is 6.14. The van der Waals surface area contributed by atoms with Crippen molar-refractivity contribution in [3.8, 4) is 11.5 Å². The predicted molar refractivity (Wildman–Crippen MR) is 117 cm³/mol. The lowest BCUT2D eigenvalue weighted by atomic mass is 9.94. The first kappa shape index (κ1) is 19.3. The Balaban J connectivity index is 1.25. The summed E-state index contributed by atoms with van der Waals surface area (Å²) in [6, 6.07) is 22.2. The van der Waals surface area contributed by atoms with Crippen LogP contribution in [0.5, 0.6) is 11.5 Å². The maximum atomic E-state index is 6.14. The standard InChI is InChI=1S/C26H26O4/c1-19(25-18-27-26(30-29-25)16-5-2-6-17-26)20-12-14-22(15-13-20)28-24-11-7-9-21-8-3-4-10-23(21)24/h3-4,7-15,25H,1-2,5-6,16-18H2. The Morgan fingerprint density at radius 3 is 2.43 bits per heavy atom. The lowest BCUT2D eigenvalue weighted by Crippen LogP contribution is -2.46. The quantitative estimate of drug-likeness (QED) is 0.458. The van der Waals surface area contributed by atoms with Gasteiger partial charge in [-0.25, -0.2) is 9.78 Å². The molecule has 2 aliphatic rings. The molecule has 1 aliphatic carbocycles. The third-order valence-electron chi connectivity index (χ3n) is 6.02. The molecule has 4 nitrogen and oxygen atoms in total. The molecular formula is C26H26O4. The van der Waals surface area contributed by atoms with E-state index in [9.17, 15) is 0 Å². The van der Waals surface area contributed by atoms with E-state index in [2.05, 4.69) is 24.8 Å². The monoisotopic (exact) mass is 402 g/mol. The number of ether oxygens (including phenoxy) is 2. The van der Waals surface area contributed by atoms with Gasteiger partial charge in [-0.05, 0) is 47.6 Å². The summed E-state index contributed by atoms with van der Waals surface area (Å²) in [4.78, 5) is 11.4. The van der Waals surface area contributed by atoms with Crippen LogP contribution in [0.15, 0.2) is 73.3 Å². The molecular weight excluding hydrogens is 376 g/mol. The molecule has 1 saturated carbocycles. The largest absolute Gasteiger partial charge is 0.457 e. The maximum Gasteiger partial charge on any atom is 0.201 e. The molecule has 0 radical (unpaired) electrons. The molecule has 0 bridgehead atoms. The van der Waals surface area contributed by atoms with Crippen molar-refractivity contribution in [1.29, 1.82) is 0 Å². The van der Waals surface area contributed by atoms with Gasteiger partial charge in [0, 0.05) is 18.2 Å². The molecule has 0 N–H and O–H groups in total. The van der Waals surface area contributed by atoms with Crippen LogP contribution in [-0.4, -0.2) is 18.5 Å². The molecule has 2 fully saturated rings. The van der Waals surface area contributed by atoms with Gasteiger partial charge < -0.3 is 9.47 Å². The third kappa shape index (κ3) is 3.86. The summed E-state index contributed by atoms with van der Waals surface area (Å²) in [6.45, 7) is 4.68. The molecule has 3 aromatic carbocycles. The lowest BCUT2D eigenvalue weighted by molar-refractivity contribution is -0.483. The summed E-state index contributed by atoms with van der Waals surface area (Å²) in [6.07, 6.45) is 4.96. The van der Waals surface area contributed by atoms with Crippen LogP contribution in [0.1, 0.15) is 37.7 Å². The van der Waals surface area contributed by atoms with Crippen molar-refractivity contribution in [2.75, 3.05) is 6.61 Å². The van der Waals surface area contributed by atoms with Crippen molar-refractivity contribution in [1.82, 2.24) is 0 Å². The Bertz CT molecular complexity index is 1020. The van der Waals surface area contributed by atoms with Gasteiger partial charge in [-0.15, -0.1) is 0 Å². The fourth-order valence-electron chi connectivity index (χ4n) is 4.24. The molecule has 1 spiro atoms. The number of hydrogen-bond donors (Lipinski definition) is 0. The molecule has 1 heterocycles. The Morgan fingerprint density at radius 1 is 0.900 bits per heavy atom. The first-order chi connectivity index (χ1) is 14.7. The zero-order chi connectivity index (χ0) is 20.4. The first-order valence-electron chi connectivity index (χ1n) is 10.7. The number of rotatable bonds is 4. The van der Waals surface area contributed by atoms with E-state index in [1.165, 1.54) is 6.42 Å². The van der Waals surface area contributed by atoms with Gasteiger partial charge in [0.05, 0.1) is 6.61 Å². The second kappa shape index (κ2) is 8.23. The average Bonchev–Trinajstić information content (AvgIpc) is 2.80. The Kier molecular flexibility index (Phi) is 5.30. The molecule has 1 unspecified atom stereocenters. The second-order valence-electron chi connectivity index (χ2n) is 8.08. The van der Waals surface area contributed by atoms with Crippen LogP contribution in [0.3, 0.4) is 0 Å². The second-order valence-corrected chi connectivity index (χ2v) is 8.08. The molecule has 5 rings (SSSR count). The molecule has 30 heavy (non-hydrogen) atoms. The molecule has 1 atom stereocenters. The van der Waals surface area contributed by atoms with Crippen LogP contribution >= 0.6 is 0 Å². The minimum Gasteiger partial charge on any atom is -0.457 e. The number of benzene rings is 3. The van der Waals surface area contributed by atoms with E-state index >= 15 is 0 Å². The molecule has 1 saturated heterocycles. The molecule has 3 aromatic rings. The zero-order valence-corrected chi connectivity index (χ0v) is 17.0. The molecule has 154 valence electrons. The van der Waals surface area contributed by atoms with E-state index in [0.717, 1.165) is 59.1 Å². The van der Waals surface area contributed by atoms with Gasteiger partial charge in [0.1, 0.15) is 17.6 Å². The van der Waals surface area contributed by atoms with Crippen molar-refractivity contribution in [3.05, 3.63) is 78.9 Å². The predicted octanol–water partition coefficient (Wildman–Crippen LogP) is 6.65. The van der Waals surface area contributed by atoms with Crippen LogP contribution in [0.2, 0.25) is 0 Å². The normalized spacial score (nSPS) is 20.9. The van der Waals surface area contributed by atoms with Gasteiger partial charge in [0.2, 0.25) is 5.79 Å². The van der Waals surface area contributed by atoms with E-state index < -0.39 is 5.79 Å². The highest BCUT2D eigenvalue weighted by molar-refractivity contribution is 5.88. The summed E-state index contributed by atoms with van der Waals surface area (Å²) in [5.74, 6) is 1.07. The lowest BCUT2D eigenvalue weighted by Gasteiger charge is -2.41. The molecule has 1 aliphatic heterocycles. The zero-order valence-electron chi connectivity index (χ0n) is 17.0. The summed E-state index contributed by atoms with van der Waals surface area (Å²) < 4.78 is 12.2. The molecule has 4 heteroatoms. The summed E-state index contributed by atoms with van der Waals surface area (Å²) in [5.41, 5.74) is 1.83. The summed E-state index contributed by atoms with van der Waals surface area (Å²) in [5, 5.41) is 2.25.